The second-order valence-corrected chi connectivity index (χ2v) is 3.88. The largest absolute Gasteiger partial charge is 0.364 e. The van der Waals surface area contributed by atoms with E-state index in [-0.39, 0.29) is 12.8 Å². The van der Waals surface area contributed by atoms with E-state index >= 15 is 0 Å². The Morgan fingerprint density at radius 1 is 1.80 bits per heavy atom. The number of urea groups is 1. The molecule has 0 spiro atoms. The van der Waals surface area contributed by atoms with Gasteiger partial charge in [0.15, 0.2) is 0 Å². The Morgan fingerprint density at radius 3 is 3.47 bits per heavy atom. The third-order valence-corrected chi connectivity index (χ3v) is 2.83. The van der Waals surface area contributed by atoms with Crippen molar-refractivity contribution in [1.82, 2.24) is 14.6 Å². The lowest BCUT2D eigenvalue weighted by atomic mass is 10.3. The van der Waals surface area contributed by atoms with Crippen molar-refractivity contribution in [2.24, 2.45) is 0 Å². The summed E-state index contributed by atoms with van der Waals surface area (Å²) in [5.41, 5.74) is 0. The van der Waals surface area contributed by atoms with Gasteiger partial charge in [-0.25, -0.2) is 4.79 Å². The van der Waals surface area contributed by atoms with E-state index in [1.54, 1.807) is 17.3 Å². The summed E-state index contributed by atoms with van der Waals surface area (Å²) < 4.78 is 9.94. The topological polar surface area (TPSA) is 54.5 Å². The number of fused-ring (bicyclic) bond motifs is 1. The number of rotatable bonds is 2. The standard InChI is InChI=1S/C9H11N3O2S/c1-14-6-10-9(13)12-3-2-8-7(5-12)4-11-15-8/h2,4-5H,3,6H2,1H3,(H,10,13). The number of ether oxygens (including phenoxy) is 1. The molecule has 0 radical (unpaired) electrons. The molecule has 0 unspecified atom stereocenters. The highest BCUT2D eigenvalue weighted by atomic mass is 32.1. The first kappa shape index (κ1) is 10.1. The van der Waals surface area contributed by atoms with Crippen LogP contribution in [0.3, 0.4) is 0 Å². The summed E-state index contributed by atoms with van der Waals surface area (Å²) in [5.74, 6) is 0. The second-order valence-electron chi connectivity index (χ2n) is 3.05. The highest BCUT2D eigenvalue weighted by Gasteiger charge is 2.11. The van der Waals surface area contributed by atoms with Crippen molar-refractivity contribution < 1.29 is 9.53 Å². The van der Waals surface area contributed by atoms with Gasteiger partial charge in [-0.05, 0) is 17.6 Å². The number of carbonyl (C=O) groups excluding carboxylic acids is 1. The summed E-state index contributed by atoms with van der Waals surface area (Å²) in [5, 5.41) is 3.61. The maximum atomic E-state index is 11.6. The van der Waals surface area contributed by atoms with Crippen LogP contribution in [0, 0.1) is 0 Å². The molecule has 1 aromatic heterocycles. The normalized spacial score (nSPS) is 13.8. The van der Waals surface area contributed by atoms with Crippen molar-refractivity contribution >= 4 is 29.8 Å². The van der Waals surface area contributed by atoms with E-state index in [2.05, 4.69) is 9.69 Å². The molecule has 0 aliphatic carbocycles. The first-order chi connectivity index (χ1) is 7.31. The molecule has 0 aromatic carbocycles. The van der Waals surface area contributed by atoms with Crippen LogP contribution in [0.4, 0.5) is 4.79 Å². The van der Waals surface area contributed by atoms with Crippen molar-refractivity contribution in [3.63, 3.8) is 0 Å². The van der Waals surface area contributed by atoms with E-state index in [1.807, 2.05) is 6.08 Å². The van der Waals surface area contributed by atoms with Gasteiger partial charge < -0.3 is 10.1 Å². The number of aromatic nitrogens is 1. The monoisotopic (exact) mass is 225 g/mol. The molecule has 15 heavy (non-hydrogen) atoms. The third-order valence-electron chi connectivity index (χ3n) is 2.02. The van der Waals surface area contributed by atoms with Crippen molar-refractivity contribution in [2.75, 3.05) is 20.4 Å². The number of nitrogens with one attached hydrogen (secondary N) is 1. The summed E-state index contributed by atoms with van der Waals surface area (Å²) in [7, 11) is 1.53. The van der Waals surface area contributed by atoms with Gasteiger partial charge >= 0.3 is 6.03 Å². The minimum atomic E-state index is -0.162. The Morgan fingerprint density at radius 2 is 2.67 bits per heavy atom. The molecule has 2 rings (SSSR count). The van der Waals surface area contributed by atoms with Crippen molar-refractivity contribution in [2.45, 2.75) is 0 Å². The van der Waals surface area contributed by atoms with E-state index in [0.29, 0.717) is 6.54 Å². The average Bonchev–Trinajstić information content (AvgIpc) is 2.72. The molecule has 6 heteroatoms. The van der Waals surface area contributed by atoms with Crippen LogP contribution in [0.5, 0.6) is 0 Å². The molecular weight excluding hydrogens is 214 g/mol. The fourth-order valence-corrected chi connectivity index (χ4v) is 1.93. The van der Waals surface area contributed by atoms with Crippen LogP contribution in [-0.4, -0.2) is 35.7 Å². The fraction of sp³-hybridized carbons (Fsp3) is 0.333. The number of carbonyl (C=O) groups is 1. The molecule has 5 nitrogen and oxygen atoms in total. The zero-order valence-electron chi connectivity index (χ0n) is 8.27. The van der Waals surface area contributed by atoms with Gasteiger partial charge in [-0.3, -0.25) is 4.90 Å². The number of amides is 2. The Bertz CT molecular complexity index is 468. The predicted molar refractivity (Wildman–Crippen MR) is 57.4 cm³/mol. The van der Waals surface area contributed by atoms with Gasteiger partial charge in [-0.15, -0.1) is 0 Å². The lowest BCUT2D eigenvalue weighted by Gasteiger charge is -2.18. The average molecular weight is 225 g/mol. The van der Waals surface area contributed by atoms with E-state index < -0.39 is 0 Å². The third kappa shape index (κ3) is 2.16. The molecule has 1 aromatic rings. The molecule has 1 aliphatic rings. The van der Waals surface area contributed by atoms with Gasteiger partial charge in [-0.1, -0.05) is 0 Å². The van der Waals surface area contributed by atoms with Crippen LogP contribution in [-0.2, 0) is 4.74 Å². The molecule has 2 heterocycles. The summed E-state index contributed by atoms with van der Waals surface area (Å²) in [6, 6.07) is -0.162. The van der Waals surface area contributed by atoms with E-state index in [0.717, 1.165) is 9.75 Å². The number of nitrogens with zero attached hydrogens (tertiary/aromatic N) is 2. The summed E-state index contributed by atoms with van der Waals surface area (Å²) in [6.07, 6.45) is 5.54. The Labute approximate surface area is 90.8 Å². The van der Waals surface area contributed by atoms with Crippen LogP contribution >= 0.6 is 11.5 Å². The molecule has 80 valence electrons. The van der Waals surface area contributed by atoms with Gasteiger partial charge in [0.1, 0.15) is 6.73 Å². The second kappa shape index (κ2) is 4.41. The molecule has 0 bridgehead atoms. The number of hydrogen-bond acceptors (Lipinski definition) is 4. The van der Waals surface area contributed by atoms with Crippen molar-refractivity contribution in [1.29, 1.82) is 0 Å². The number of hydrogen-bond donors (Lipinski definition) is 1. The summed E-state index contributed by atoms with van der Waals surface area (Å²) in [6.45, 7) is 0.794. The Balaban J connectivity index is 2.12. The minimum absolute atomic E-state index is 0.162. The maximum absolute atomic E-state index is 11.6. The van der Waals surface area contributed by atoms with Gasteiger partial charge in [0.2, 0.25) is 0 Å². The van der Waals surface area contributed by atoms with Gasteiger partial charge in [0.05, 0.1) is 4.53 Å². The zero-order valence-corrected chi connectivity index (χ0v) is 9.08. The zero-order chi connectivity index (χ0) is 10.7. The van der Waals surface area contributed by atoms with Crippen molar-refractivity contribution in [3.8, 4) is 0 Å². The van der Waals surface area contributed by atoms with Gasteiger partial charge in [0, 0.05) is 31.3 Å². The highest BCUT2D eigenvalue weighted by Crippen LogP contribution is 1.95. The summed E-state index contributed by atoms with van der Waals surface area (Å²) in [4.78, 5) is 13.1. The smallest absolute Gasteiger partial charge is 0.323 e. The lowest BCUT2D eigenvalue weighted by molar-refractivity contribution is 0.165. The SMILES string of the molecule is COCNC(=O)N1C=c2cnsc2=CC1. The number of methoxy groups -OCH3 is 1. The van der Waals surface area contributed by atoms with Crippen LogP contribution in [0.15, 0.2) is 6.20 Å². The van der Waals surface area contributed by atoms with Crippen molar-refractivity contribution in [3.05, 3.63) is 15.9 Å². The minimum Gasteiger partial charge on any atom is -0.364 e. The molecule has 0 saturated carbocycles. The molecule has 2 amide bonds. The Kier molecular flexibility index (Phi) is 2.98. The first-order valence-electron chi connectivity index (χ1n) is 4.47. The molecule has 0 saturated heterocycles. The van der Waals surface area contributed by atoms with Crippen LogP contribution < -0.4 is 15.1 Å². The van der Waals surface area contributed by atoms with Gasteiger partial charge in [0.25, 0.3) is 0 Å². The fourth-order valence-electron chi connectivity index (χ4n) is 1.29. The highest BCUT2D eigenvalue weighted by molar-refractivity contribution is 7.03. The quantitative estimate of drug-likeness (QED) is 0.677. The first-order valence-corrected chi connectivity index (χ1v) is 5.25. The van der Waals surface area contributed by atoms with Crippen LogP contribution in [0.1, 0.15) is 0 Å². The summed E-state index contributed by atoms with van der Waals surface area (Å²) >= 11 is 1.44. The van der Waals surface area contributed by atoms with E-state index in [9.17, 15) is 4.79 Å². The maximum Gasteiger partial charge on any atom is 0.323 e. The molecule has 1 aliphatic heterocycles. The van der Waals surface area contributed by atoms with Crippen LogP contribution in [0.2, 0.25) is 0 Å². The lowest BCUT2D eigenvalue weighted by Crippen LogP contribution is -2.42. The molecular formula is C9H11N3O2S. The van der Waals surface area contributed by atoms with Crippen LogP contribution in [0.25, 0.3) is 12.3 Å². The van der Waals surface area contributed by atoms with E-state index in [4.69, 9.17) is 4.74 Å². The Hall–Kier alpha value is -1.40. The van der Waals surface area contributed by atoms with E-state index in [1.165, 1.54) is 18.6 Å². The molecule has 0 fully saturated rings. The van der Waals surface area contributed by atoms with Gasteiger partial charge in [-0.2, -0.15) is 4.37 Å². The molecule has 1 N–H and O–H groups in total. The molecule has 0 atom stereocenters. The predicted octanol–water partition coefficient (Wildman–Crippen LogP) is -0.709.